The minimum Gasteiger partial charge on any atom is -0.460 e. The average Bonchev–Trinajstić information content (AvgIpc) is 2.75. The largest absolute Gasteiger partial charge is 0.460 e. The monoisotopic (exact) mass is 439 g/mol. The molecule has 0 amide bonds. The number of hydrogen-bond donors (Lipinski definition) is 1. The summed E-state index contributed by atoms with van der Waals surface area (Å²) < 4.78 is 33.3. The lowest BCUT2D eigenvalue weighted by atomic mass is 10.1. The first kappa shape index (κ1) is 22.5. The van der Waals surface area contributed by atoms with Crippen LogP contribution in [-0.4, -0.2) is 26.7 Å². The number of hydrogen-bond acceptors (Lipinski definition) is 6. The van der Waals surface area contributed by atoms with Crippen LogP contribution >= 0.6 is 0 Å². The fraction of sp³-hybridized carbons (Fsp3) is 0.208. The second kappa shape index (κ2) is 10.7. The normalized spacial score (nSPS) is 12.2. The fourth-order valence-corrected chi connectivity index (χ4v) is 3.49. The number of esters is 1. The molecule has 0 bridgehead atoms. The van der Waals surface area contributed by atoms with Crippen molar-refractivity contribution in [2.45, 2.75) is 25.6 Å². The van der Waals surface area contributed by atoms with Crippen LogP contribution in [0.2, 0.25) is 0 Å². The average molecular weight is 440 g/mol. The van der Waals surface area contributed by atoms with E-state index in [1.807, 2.05) is 66.7 Å². The Morgan fingerprint density at radius 2 is 1.48 bits per heavy atom. The van der Waals surface area contributed by atoms with Crippen LogP contribution in [0.5, 0.6) is 5.75 Å². The molecule has 0 aliphatic carbocycles. The minimum absolute atomic E-state index is 0.181. The first-order valence-electron chi connectivity index (χ1n) is 9.85. The van der Waals surface area contributed by atoms with Crippen molar-refractivity contribution in [2.75, 3.05) is 6.26 Å². The van der Waals surface area contributed by atoms with Crippen LogP contribution in [0.3, 0.4) is 0 Å². The van der Waals surface area contributed by atoms with Gasteiger partial charge in [-0.1, -0.05) is 72.8 Å². The van der Waals surface area contributed by atoms with Crippen molar-refractivity contribution in [3.05, 3.63) is 102 Å². The van der Waals surface area contributed by atoms with E-state index in [-0.39, 0.29) is 18.3 Å². The maximum atomic E-state index is 12.8. The van der Waals surface area contributed by atoms with Crippen LogP contribution in [-0.2, 0) is 39.2 Å². The summed E-state index contributed by atoms with van der Waals surface area (Å²) in [4.78, 5) is 12.8. The lowest BCUT2D eigenvalue weighted by Gasteiger charge is -2.18. The Labute approximate surface area is 183 Å². The Morgan fingerprint density at radius 1 is 0.871 bits per heavy atom. The lowest BCUT2D eigenvalue weighted by Crippen LogP contribution is -2.39. The Morgan fingerprint density at radius 3 is 2.13 bits per heavy atom. The highest BCUT2D eigenvalue weighted by atomic mass is 32.2. The van der Waals surface area contributed by atoms with Gasteiger partial charge in [-0.15, -0.1) is 0 Å². The molecule has 0 aliphatic heterocycles. The molecule has 31 heavy (non-hydrogen) atoms. The second-order valence-corrected chi connectivity index (χ2v) is 8.73. The van der Waals surface area contributed by atoms with E-state index < -0.39 is 16.2 Å². The van der Waals surface area contributed by atoms with E-state index in [9.17, 15) is 13.2 Å². The highest BCUT2D eigenvalue weighted by Crippen LogP contribution is 2.17. The van der Waals surface area contributed by atoms with Crippen LogP contribution in [0.25, 0.3) is 0 Å². The third kappa shape index (κ3) is 7.88. The molecular weight excluding hydrogens is 414 g/mol. The van der Waals surface area contributed by atoms with Gasteiger partial charge in [0.05, 0.1) is 6.26 Å². The molecule has 1 N–H and O–H groups in total. The van der Waals surface area contributed by atoms with Gasteiger partial charge < -0.3 is 14.2 Å². The predicted octanol–water partition coefficient (Wildman–Crippen LogP) is 3.47. The molecule has 0 spiro atoms. The van der Waals surface area contributed by atoms with E-state index in [1.54, 1.807) is 18.2 Å². The quantitative estimate of drug-likeness (QED) is 0.385. The molecule has 0 unspecified atom stereocenters. The van der Waals surface area contributed by atoms with Gasteiger partial charge in [0.1, 0.15) is 18.4 Å². The van der Waals surface area contributed by atoms with Crippen LogP contribution in [0.4, 0.5) is 0 Å². The summed E-state index contributed by atoms with van der Waals surface area (Å²) in [6.45, 7) is 0.673. The summed E-state index contributed by atoms with van der Waals surface area (Å²) in [6.07, 6.45) is 1.31. The highest BCUT2D eigenvalue weighted by molar-refractivity contribution is 7.86. The maximum Gasteiger partial charge on any atom is 0.323 e. The molecule has 3 aromatic rings. The number of benzene rings is 3. The highest BCUT2D eigenvalue weighted by Gasteiger charge is 2.21. The number of nitrogens with one attached hydrogen (secondary N) is 1. The summed E-state index contributed by atoms with van der Waals surface area (Å²) in [5.74, 6) is -0.173. The minimum atomic E-state index is -3.63. The molecule has 0 radical (unpaired) electrons. The van der Waals surface area contributed by atoms with Crippen molar-refractivity contribution in [3.8, 4) is 5.75 Å². The van der Waals surface area contributed by atoms with Crippen molar-refractivity contribution in [1.82, 2.24) is 5.32 Å². The molecule has 0 heterocycles. The molecule has 1 atom stereocenters. The van der Waals surface area contributed by atoms with Gasteiger partial charge in [-0.25, -0.2) is 0 Å². The molecule has 6 nitrogen and oxygen atoms in total. The summed E-state index contributed by atoms with van der Waals surface area (Å²) in [7, 11) is -3.63. The van der Waals surface area contributed by atoms with E-state index >= 15 is 0 Å². The molecule has 3 rings (SSSR count). The molecule has 0 aliphatic rings. The number of carbonyl (C=O) groups excluding carboxylic acids is 1. The molecule has 7 heteroatoms. The zero-order valence-corrected chi connectivity index (χ0v) is 18.0. The van der Waals surface area contributed by atoms with Gasteiger partial charge in [-0.05, 0) is 35.2 Å². The fourth-order valence-electron chi connectivity index (χ4n) is 3.04. The van der Waals surface area contributed by atoms with Crippen molar-refractivity contribution in [3.63, 3.8) is 0 Å². The molecular formula is C24H25NO5S. The van der Waals surface area contributed by atoms with E-state index in [0.29, 0.717) is 13.0 Å². The summed E-state index contributed by atoms with van der Waals surface area (Å²) in [5.41, 5.74) is 2.70. The first-order valence-corrected chi connectivity index (χ1v) is 11.7. The van der Waals surface area contributed by atoms with Crippen LogP contribution in [0, 0.1) is 0 Å². The molecule has 0 fully saturated rings. The van der Waals surface area contributed by atoms with Gasteiger partial charge in [-0.2, -0.15) is 8.42 Å². The van der Waals surface area contributed by atoms with E-state index in [1.165, 1.54) is 0 Å². The number of ether oxygens (including phenoxy) is 1. The van der Waals surface area contributed by atoms with Gasteiger partial charge >= 0.3 is 16.1 Å². The Bertz CT molecular complexity index is 1090. The van der Waals surface area contributed by atoms with Crippen LogP contribution in [0.1, 0.15) is 16.7 Å². The zero-order valence-electron chi connectivity index (χ0n) is 17.2. The third-order valence-electron chi connectivity index (χ3n) is 4.49. The molecule has 0 aromatic heterocycles. The smallest absolute Gasteiger partial charge is 0.323 e. The molecule has 0 saturated carbocycles. The van der Waals surface area contributed by atoms with E-state index in [0.717, 1.165) is 22.9 Å². The Hall–Kier alpha value is -3.16. The predicted molar refractivity (Wildman–Crippen MR) is 119 cm³/mol. The SMILES string of the molecule is CS(=O)(=O)Oc1cccc(C[C@H](NCc2ccccc2)C(=O)OCc2ccccc2)c1. The molecule has 0 saturated heterocycles. The summed E-state index contributed by atoms with van der Waals surface area (Å²) in [5, 5.41) is 3.25. The topological polar surface area (TPSA) is 81.7 Å². The van der Waals surface area contributed by atoms with Crippen LogP contribution < -0.4 is 9.50 Å². The summed E-state index contributed by atoms with van der Waals surface area (Å²) in [6, 6.07) is 25.3. The Kier molecular flexibility index (Phi) is 7.81. The van der Waals surface area contributed by atoms with Crippen LogP contribution in [0.15, 0.2) is 84.9 Å². The van der Waals surface area contributed by atoms with Crippen molar-refractivity contribution in [1.29, 1.82) is 0 Å². The maximum absolute atomic E-state index is 12.8. The van der Waals surface area contributed by atoms with Crippen molar-refractivity contribution < 1.29 is 22.1 Å². The van der Waals surface area contributed by atoms with Gasteiger partial charge in [0.2, 0.25) is 0 Å². The van der Waals surface area contributed by atoms with Crippen molar-refractivity contribution in [2.24, 2.45) is 0 Å². The number of rotatable bonds is 10. The van der Waals surface area contributed by atoms with Gasteiger partial charge in [0.25, 0.3) is 0 Å². The molecule has 3 aromatic carbocycles. The number of carbonyl (C=O) groups is 1. The summed E-state index contributed by atoms with van der Waals surface area (Å²) >= 11 is 0. The third-order valence-corrected chi connectivity index (χ3v) is 4.98. The second-order valence-electron chi connectivity index (χ2n) is 7.15. The van der Waals surface area contributed by atoms with E-state index in [4.69, 9.17) is 8.92 Å². The van der Waals surface area contributed by atoms with E-state index in [2.05, 4.69) is 5.32 Å². The van der Waals surface area contributed by atoms with Gasteiger partial charge in [0.15, 0.2) is 0 Å². The molecule has 162 valence electrons. The lowest BCUT2D eigenvalue weighted by molar-refractivity contribution is -0.147. The van der Waals surface area contributed by atoms with Gasteiger partial charge in [0, 0.05) is 6.54 Å². The van der Waals surface area contributed by atoms with Crippen molar-refractivity contribution >= 4 is 16.1 Å². The van der Waals surface area contributed by atoms with Gasteiger partial charge in [-0.3, -0.25) is 4.79 Å². The Balaban J connectivity index is 1.71. The standard InChI is InChI=1S/C24H25NO5S/c1-31(27,28)30-22-14-8-13-21(15-22)16-23(25-17-19-9-4-2-5-10-19)24(26)29-18-20-11-6-3-7-12-20/h2-15,23,25H,16-18H2,1H3/t23-/m0/s1. The first-order chi connectivity index (χ1) is 14.9. The zero-order chi connectivity index (χ0) is 22.1.